The summed E-state index contributed by atoms with van der Waals surface area (Å²) in [4.78, 5) is 2.37. The maximum absolute atomic E-state index is 9.07. The second-order valence-corrected chi connectivity index (χ2v) is 5.41. The molecule has 0 spiro atoms. The third kappa shape index (κ3) is 5.32. The largest absolute Gasteiger partial charge is 0.496 e. The molecule has 1 fully saturated rings. The summed E-state index contributed by atoms with van der Waals surface area (Å²) in [6.45, 7) is 3.94. The standard InChI is InChI=1S/C14H18BrN3O.2ClH/c1-19-14-3-2-11(10-12(14)15)13(4-5-16)18-8-6-17-7-9-18;;/h2-3,10,13,17H,4,6-9H2,1H3;2*1H/t13-;;/m0../s1. The number of benzene rings is 1. The van der Waals surface area contributed by atoms with Gasteiger partial charge in [-0.25, -0.2) is 0 Å². The number of piperazine rings is 1. The SMILES string of the molecule is COc1ccc([C@H](CC#N)N2CCNCC2)cc1Br.Cl.Cl. The molecule has 2 rings (SSSR count). The molecule has 0 saturated carbocycles. The lowest BCUT2D eigenvalue weighted by Crippen LogP contribution is -2.45. The fourth-order valence-electron chi connectivity index (χ4n) is 2.43. The smallest absolute Gasteiger partial charge is 0.133 e. The molecule has 1 aliphatic heterocycles. The third-order valence-electron chi connectivity index (χ3n) is 3.44. The van der Waals surface area contributed by atoms with Crippen LogP contribution in [-0.4, -0.2) is 38.2 Å². The molecule has 1 aromatic carbocycles. The van der Waals surface area contributed by atoms with Gasteiger partial charge in [0.1, 0.15) is 5.75 Å². The highest BCUT2D eigenvalue weighted by Crippen LogP contribution is 2.31. The number of ether oxygens (including phenoxy) is 1. The van der Waals surface area contributed by atoms with Crippen LogP contribution in [0.2, 0.25) is 0 Å². The molecular formula is C14H20BrCl2N3O. The van der Waals surface area contributed by atoms with Gasteiger partial charge in [-0.3, -0.25) is 4.90 Å². The van der Waals surface area contributed by atoms with E-state index in [2.05, 4.69) is 38.3 Å². The summed E-state index contributed by atoms with van der Waals surface area (Å²) in [5.74, 6) is 0.819. The van der Waals surface area contributed by atoms with Crippen molar-refractivity contribution in [2.45, 2.75) is 12.5 Å². The van der Waals surface area contributed by atoms with Crippen molar-refractivity contribution in [1.82, 2.24) is 10.2 Å². The van der Waals surface area contributed by atoms with Gasteiger partial charge in [-0.2, -0.15) is 5.26 Å². The van der Waals surface area contributed by atoms with Gasteiger partial charge in [-0.15, -0.1) is 24.8 Å². The Labute approximate surface area is 146 Å². The van der Waals surface area contributed by atoms with Crippen LogP contribution >= 0.6 is 40.7 Å². The molecule has 4 nitrogen and oxygen atoms in total. The summed E-state index contributed by atoms with van der Waals surface area (Å²) in [6, 6.07) is 8.52. The van der Waals surface area contributed by atoms with Crippen LogP contribution in [0.25, 0.3) is 0 Å². The van der Waals surface area contributed by atoms with Crippen LogP contribution in [0, 0.1) is 11.3 Å². The van der Waals surface area contributed by atoms with Crippen LogP contribution in [0.15, 0.2) is 22.7 Å². The number of methoxy groups -OCH3 is 1. The molecule has 0 unspecified atom stereocenters. The summed E-state index contributed by atoms with van der Waals surface area (Å²) >= 11 is 3.51. The molecule has 1 saturated heterocycles. The Bertz CT molecular complexity index is 476. The Balaban J connectivity index is 0.00000200. The van der Waals surface area contributed by atoms with Gasteiger partial charge in [-0.1, -0.05) is 6.07 Å². The molecule has 21 heavy (non-hydrogen) atoms. The molecule has 118 valence electrons. The summed E-state index contributed by atoms with van der Waals surface area (Å²) < 4.78 is 6.19. The van der Waals surface area contributed by atoms with E-state index in [0.29, 0.717) is 6.42 Å². The Morgan fingerprint density at radius 1 is 1.38 bits per heavy atom. The highest BCUT2D eigenvalue weighted by molar-refractivity contribution is 9.10. The Kier molecular flexibility index (Phi) is 10.0. The van der Waals surface area contributed by atoms with Crippen LogP contribution in [0.5, 0.6) is 5.75 Å². The first-order chi connectivity index (χ1) is 9.26. The van der Waals surface area contributed by atoms with E-state index in [1.54, 1.807) is 7.11 Å². The zero-order valence-corrected chi connectivity index (χ0v) is 15.1. The van der Waals surface area contributed by atoms with E-state index in [4.69, 9.17) is 10.00 Å². The van der Waals surface area contributed by atoms with Crippen molar-refractivity contribution in [3.63, 3.8) is 0 Å². The molecule has 0 aromatic heterocycles. The lowest BCUT2D eigenvalue weighted by atomic mass is 10.0. The van der Waals surface area contributed by atoms with Crippen molar-refractivity contribution < 1.29 is 4.74 Å². The van der Waals surface area contributed by atoms with E-state index in [0.717, 1.165) is 42.0 Å². The zero-order valence-electron chi connectivity index (χ0n) is 11.8. The maximum atomic E-state index is 9.07. The van der Waals surface area contributed by atoms with Crippen molar-refractivity contribution in [3.05, 3.63) is 28.2 Å². The number of halogens is 3. The molecule has 7 heteroatoms. The van der Waals surface area contributed by atoms with E-state index in [-0.39, 0.29) is 30.9 Å². The predicted octanol–water partition coefficient (Wildman–Crippen LogP) is 3.16. The minimum Gasteiger partial charge on any atom is -0.496 e. The molecule has 0 radical (unpaired) electrons. The van der Waals surface area contributed by atoms with Crippen molar-refractivity contribution in [3.8, 4) is 11.8 Å². The van der Waals surface area contributed by atoms with Crippen LogP contribution in [0.1, 0.15) is 18.0 Å². The van der Waals surface area contributed by atoms with Crippen molar-refractivity contribution in [2.24, 2.45) is 0 Å². The second kappa shape index (κ2) is 10.3. The van der Waals surface area contributed by atoms with Crippen LogP contribution in [0.4, 0.5) is 0 Å². The molecule has 1 aliphatic rings. The van der Waals surface area contributed by atoms with Gasteiger partial charge in [-0.05, 0) is 33.6 Å². The molecule has 1 atom stereocenters. The van der Waals surface area contributed by atoms with Crippen LogP contribution in [0.3, 0.4) is 0 Å². The summed E-state index contributed by atoms with van der Waals surface area (Å²) in [6.07, 6.45) is 0.513. The lowest BCUT2D eigenvalue weighted by Gasteiger charge is -2.34. The Morgan fingerprint density at radius 2 is 2.05 bits per heavy atom. The molecule has 1 N–H and O–H groups in total. The van der Waals surface area contributed by atoms with Gasteiger partial charge in [0.05, 0.1) is 24.1 Å². The number of nitrogens with zero attached hydrogens (tertiary/aromatic N) is 2. The summed E-state index contributed by atoms with van der Waals surface area (Å²) in [7, 11) is 1.66. The highest BCUT2D eigenvalue weighted by Gasteiger charge is 2.22. The fourth-order valence-corrected chi connectivity index (χ4v) is 2.99. The topological polar surface area (TPSA) is 48.3 Å². The maximum Gasteiger partial charge on any atom is 0.133 e. The van der Waals surface area contributed by atoms with E-state index < -0.39 is 0 Å². The molecule has 0 bridgehead atoms. The average Bonchev–Trinajstić information content (AvgIpc) is 2.45. The number of hydrogen-bond acceptors (Lipinski definition) is 4. The van der Waals surface area contributed by atoms with Gasteiger partial charge in [0.15, 0.2) is 0 Å². The normalized spacial score (nSPS) is 16.0. The average molecular weight is 397 g/mol. The van der Waals surface area contributed by atoms with Crippen molar-refractivity contribution in [1.29, 1.82) is 5.26 Å². The number of nitriles is 1. The van der Waals surface area contributed by atoms with E-state index in [1.807, 2.05) is 12.1 Å². The number of rotatable bonds is 4. The van der Waals surface area contributed by atoms with E-state index >= 15 is 0 Å². The van der Waals surface area contributed by atoms with Gasteiger partial charge in [0.25, 0.3) is 0 Å². The van der Waals surface area contributed by atoms with Crippen molar-refractivity contribution >= 4 is 40.7 Å². The van der Waals surface area contributed by atoms with Gasteiger partial charge < -0.3 is 10.1 Å². The van der Waals surface area contributed by atoms with Crippen LogP contribution in [-0.2, 0) is 0 Å². The summed E-state index contributed by atoms with van der Waals surface area (Å²) in [5.41, 5.74) is 1.16. The fraction of sp³-hybridized carbons (Fsp3) is 0.500. The van der Waals surface area contributed by atoms with Crippen LogP contribution < -0.4 is 10.1 Å². The summed E-state index contributed by atoms with van der Waals surface area (Å²) in [5, 5.41) is 12.4. The lowest BCUT2D eigenvalue weighted by molar-refractivity contribution is 0.175. The molecule has 0 aliphatic carbocycles. The van der Waals surface area contributed by atoms with Gasteiger partial charge in [0.2, 0.25) is 0 Å². The van der Waals surface area contributed by atoms with E-state index in [1.165, 1.54) is 0 Å². The Hall–Kier alpha value is -0.510. The van der Waals surface area contributed by atoms with E-state index in [9.17, 15) is 0 Å². The third-order valence-corrected chi connectivity index (χ3v) is 4.06. The minimum absolute atomic E-state index is 0. The highest BCUT2D eigenvalue weighted by atomic mass is 79.9. The zero-order chi connectivity index (χ0) is 13.7. The monoisotopic (exact) mass is 395 g/mol. The molecular weight excluding hydrogens is 377 g/mol. The second-order valence-electron chi connectivity index (χ2n) is 4.56. The first kappa shape index (κ1) is 20.5. The quantitative estimate of drug-likeness (QED) is 0.849. The first-order valence-electron chi connectivity index (χ1n) is 6.41. The Morgan fingerprint density at radius 3 is 2.57 bits per heavy atom. The van der Waals surface area contributed by atoms with Gasteiger partial charge >= 0.3 is 0 Å². The number of hydrogen-bond donors (Lipinski definition) is 1. The number of nitrogens with one attached hydrogen (secondary N) is 1. The molecule has 0 amide bonds. The predicted molar refractivity (Wildman–Crippen MR) is 92.6 cm³/mol. The first-order valence-corrected chi connectivity index (χ1v) is 7.20. The van der Waals surface area contributed by atoms with Crippen molar-refractivity contribution in [2.75, 3.05) is 33.3 Å². The minimum atomic E-state index is 0. The molecule has 1 aromatic rings. The molecule has 1 heterocycles. The van der Waals surface area contributed by atoms with Gasteiger partial charge in [0, 0.05) is 32.2 Å².